The molecule has 1 aliphatic rings. The number of ether oxygens (including phenoxy) is 1. The Kier molecular flexibility index (Phi) is 5.02. The molecule has 0 saturated heterocycles. The van der Waals surface area contributed by atoms with E-state index < -0.39 is 18.6 Å². The van der Waals surface area contributed by atoms with Crippen LogP contribution < -0.4 is 4.74 Å². The van der Waals surface area contributed by atoms with Crippen LogP contribution in [0.1, 0.15) is 30.9 Å². The van der Waals surface area contributed by atoms with Crippen LogP contribution in [0, 0.1) is 17.2 Å². The van der Waals surface area contributed by atoms with Gasteiger partial charge in [0.05, 0.1) is 0 Å². The van der Waals surface area contributed by atoms with Crippen molar-refractivity contribution in [2.75, 3.05) is 6.61 Å². The lowest BCUT2D eigenvalue weighted by molar-refractivity contribution is -0.153. The third-order valence-corrected chi connectivity index (χ3v) is 5.11. The van der Waals surface area contributed by atoms with Crippen molar-refractivity contribution in [2.24, 2.45) is 11.3 Å². The molecule has 27 heavy (non-hydrogen) atoms. The topological polar surface area (TPSA) is 26.3 Å². The number of halogens is 4. The number of rotatable bonds is 6. The number of benzene rings is 2. The van der Waals surface area contributed by atoms with Crippen molar-refractivity contribution in [3.8, 4) is 5.75 Å². The minimum atomic E-state index is -4.51. The molecule has 1 saturated carbocycles. The third kappa shape index (κ3) is 4.31. The highest BCUT2D eigenvalue weighted by atomic mass is 19.4. The Morgan fingerprint density at radius 2 is 1.78 bits per heavy atom. The molecule has 0 bridgehead atoms. The summed E-state index contributed by atoms with van der Waals surface area (Å²) in [5.74, 6) is -1.09. The molecular formula is C21H20F4O2. The lowest BCUT2D eigenvalue weighted by Crippen LogP contribution is -2.20. The van der Waals surface area contributed by atoms with Crippen LogP contribution in [-0.4, -0.2) is 18.6 Å². The van der Waals surface area contributed by atoms with Gasteiger partial charge in [-0.05, 0) is 35.1 Å². The summed E-state index contributed by atoms with van der Waals surface area (Å²) < 4.78 is 55.7. The highest BCUT2D eigenvalue weighted by Crippen LogP contribution is 2.64. The van der Waals surface area contributed by atoms with Crippen molar-refractivity contribution < 1.29 is 27.1 Å². The standard InChI is InChI=1S/C21H20F4O2/c1-20(2)18(13-6-4-3-5-7-13)19(20)16(26)11-14-10-15(22)8-9-17(14)27-12-21(23,24)25/h3-10,18-19H,11-12H2,1-2H3/t18-,19-/m1/s1. The van der Waals surface area contributed by atoms with E-state index >= 15 is 0 Å². The van der Waals surface area contributed by atoms with Gasteiger partial charge in [0.1, 0.15) is 17.3 Å². The SMILES string of the molecule is CC1(C)[C@H](C(=O)Cc2cc(F)ccc2OCC(F)(F)F)[C@H]1c1ccccc1. The van der Waals surface area contributed by atoms with Crippen LogP contribution in [0.5, 0.6) is 5.75 Å². The number of Topliss-reactive ketones (excluding diaryl/α,β-unsaturated/α-hetero) is 1. The van der Waals surface area contributed by atoms with Crippen molar-refractivity contribution in [1.29, 1.82) is 0 Å². The van der Waals surface area contributed by atoms with Crippen LogP contribution >= 0.6 is 0 Å². The maximum Gasteiger partial charge on any atom is 0.422 e. The molecule has 2 aromatic rings. The summed E-state index contributed by atoms with van der Waals surface area (Å²) in [4.78, 5) is 12.8. The molecule has 0 radical (unpaired) electrons. The second-order valence-corrected chi connectivity index (χ2v) is 7.49. The zero-order chi connectivity index (χ0) is 19.8. The monoisotopic (exact) mass is 380 g/mol. The van der Waals surface area contributed by atoms with Crippen LogP contribution in [0.3, 0.4) is 0 Å². The van der Waals surface area contributed by atoms with Gasteiger partial charge in [-0.2, -0.15) is 13.2 Å². The van der Waals surface area contributed by atoms with Gasteiger partial charge in [-0.25, -0.2) is 4.39 Å². The third-order valence-electron chi connectivity index (χ3n) is 5.11. The maximum absolute atomic E-state index is 13.6. The predicted molar refractivity (Wildman–Crippen MR) is 93.1 cm³/mol. The van der Waals surface area contributed by atoms with Crippen molar-refractivity contribution in [3.63, 3.8) is 0 Å². The zero-order valence-electron chi connectivity index (χ0n) is 15.0. The smallest absolute Gasteiger partial charge is 0.422 e. The molecule has 3 rings (SSSR count). The van der Waals surface area contributed by atoms with E-state index in [1.807, 2.05) is 44.2 Å². The molecule has 0 spiro atoms. The summed E-state index contributed by atoms with van der Waals surface area (Å²) in [6.45, 7) is 2.49. The molecule has 6 heteroatoms. The predicted octanol–water partition coefficient (Wildman–Crippen LogP) is 5.32. The summed E-state index contributed by atoms with van der Waals surface area (Å²) in [7, 11) is 0. The van der Waals surface area contributed by atoms with Gasteiger partial charge in [-0.3, -0.25) is 4.79 Å². The number of ketones is 1. The van der Waals surface area contributed by atoms with E-state index in [4.69, 9.17) is 4.74 Å². The Labute approximate surface area is 155 Å². The van der Waals surface area contributed by atoms with Gasteiger partial charge >= 0.3 is 6.18 Å². The van der Waals surface area contributed by atoms with Gasteiger partial charge in [-0.15, -0.1) is 0 Å². The molecule has 0 aromatic heterocycles. The van der Waals surface area contributed by atoms with Gasteiger partial charge in [0.15, 0.2) is 6.61 Å². The first-order valence-electron chi connectivity index (χ1n) is 8.65. The molecule has 0 unspecified atom stereocenters. The number of hydrogen-bond acceptors (Lipinski definition) is 2. The average Bonchev–Trinajstić information content (AvgIpc) is 3.16. The van der Waals surface area contributed by atoms with Crippen molar-refractivity contribution in [3.05, 3.63) is 65.5 Å². The Hall–Kier alpha value is -2.37. The lowest BCUT2D eigenvalue weighted by atomic mass is 10.0. The van der Waals surface area contributed by atoms with Gasteiger partial charge < -0.3 is 4.74 Å². The highest BCUT2D eigenvalue weighted by molar-refractivity contribution is 5.89. The van der Waals surface area contributed by atoms with Gasteiger partial charge in [0.2, 0.25) is 0 Å². The zero-order valence-corrected chi connectivity index (χ0v) is 15.0. The number of hydrogen-bond donors (Lipinski definition) is 0. The summed E-state index contributed by atoms with van der Waals surface area (Å²) in [5.41, 5.74) is 0.936. The number of carbonyl (C=O) groups excluding carboxylic acids is 1. The van der Waals surface area contributed by atoms with Crippen LogP contribution in [-0.2, 0) is 11.2 Å². The lowest BCUT2D eigenvalue weighted by Gasteiger charge is -2.13. The molecule has 144 valence electrons. The molecule has 2 nitrogen and oxygen atoms in total. The summed E-state index contributed by atoms with van der Waals surface area (Å²) in [6, 6.07) is 12.8. The molecule has 0 amide bonds. The first-order chi connectivity index (χ1) is 12.6. The molecule has 1 fully saturated rings. The number of alkyl halides is 3. The van der Waals surface area contributed by atoms with E-state index in [1.165, 1.54) is 0 Å². The second kappa shape index (κ2) is 6.98. The van der Waals surface area contributed by atoms with Gasteiger partial charge in [-0.1, -0.05) is 44.2 Å². The largest absolute Gasteiger partial charge is 0.484 e. The van der Waals surface area contributed by atoms with Gasteiger partial charge in [0, 0.05) is 17.9 Å². The molecule has 2 aromatic carbocycles. The fraction of sp³-hybridized carbons (Fsp3) is 0.381. The van der Waals surface area contributed by atoms with E-state index in [1.54, 1.807) is 0 Å². The molecule has 0 aliphatic heterocycles. The van der Waals surface area contributed by atoms with Crippen LogP contribution in [0.25, 0.3) is 0 Å². The molecule has 0 N–H and O–H groups in total. The summed E-state index contributed by atoms with van der Waals surface area (Å²) >= 11 is 0. The van der Waals surface area contributed by atoms with Crippen molar-refractivity contribution in [1.82, 2.24) is 0 Å². The first kappa shape index (κ1) is 19.4. The molecule has 2 atom stereocenters. The molecule has 0 heterocycles. The highest BCUT2D eigenvalue weighted by Gasteiger charge is 2.61. The van der Waals surface area contributed by atoms with E-state index in [2.05, 4.69) is 0 Å². The Balaban J connectivity index is 1.77. The maximum atomic E-state index is 13.6. The van der Waals surface area contributed by atoms with Gasteiger partial charge in [0.25, 0.3) is 0 Å². The first-order valence-corrected chi connectivity index (χ1v) is 8.65. The van der Waals surface area contributed by atoms with E-state index in [0.717, 1.165) is 23.8 Å². The molecular weight excluding hydrogens is 360 g/mol. The number of carbonyl (C=O) groups is 1. The quantitative estimate of drug-likeness (QED) is 0.634. The second-order valence-electron chi connectivity index (χ2n) is 7.49. The van der Waals surface area contributed by atoms with Crippen LogP contribution in [0.4, 0.5) is 17.6 Å². The fourth-order valence-corrected chi connectivity index (χ4v) is 3.81. The average molecular weight is 380 g/mol. The molecule has 1 aliphatic carbocycles. The van der Waals surface area contributed by atoms with Crippen LogP contribution in [0.15, 0.2) is 48.5 Å². The fourth-order valence-electron chi connectivity index (χ4n) is 3.81. The van der Waals surface area contributed by atoms with Crippen molar-refractivity contribution in [2.45, 2.75) is 32.4 Å². The Bertz CT molecular complexity index is 828. The van der Waals surface area contributed by atoms with E-state index in [9.17, 15) is 22.4 Å². The summed E-state index contributed by atoms with van der Waals surface area (Å²) in [5, 5.41) is 0. The van der Waals surface area contributed by atoms with E-state index in [0.29, 0.717) is 0 Å². The Morgan fingerprint density at radius 1 is 1.11 bits per heavy atom. The normalized spacial score (nSPS) is 21.0. The summed E-state index contributed by atoms with van der Waals surface area (Å²) in [6.07, 6.45) is -4.67. The van der Waals surface area contributed by atoms with E-state index in [-0.39, 0.29) is 40.8 Å². The minimum Gasteiger partial charge on any atom is -0.484 e. The Morgan fingerprint density at radius 3 is 2.41 bits per heavy atom. The minimum absolute atomic E-state index is 0.0410. The van der Waals surface area contributed by atoms with Crippen molar-refractivity contribution >= 4 is 5.78 Å². The van der Waals surface area contributed by atoms with Crippen LogP contribution in [0.2, 0.25) is 0 Å².